The molecule has 0 saturated heterocycles. The minimum Gasteiger partial charge on any atom is -0.477 e. The number of aromatic nitrogens is 1. The summed E-state index contributed by atoms with van der Waals surface area (Å²) in [6, 6.07) is 4.35. The van der Waals surface area contributed by atoms with E-state index in [1.807, 2.05) is 11.4 Å². The van der Waals surface area contributed by atoms with E-state index < -0.39 is 5.97 Å². The molecule has 2 aromatic heterocycles. The number of carbonyl (C=O) groups is 1. The number of nitrogens with zero attached hydrogens (tertiary/aromatic N) is 1. The van der Waals surface area contributed by atoms with E-state index in [9.17, 15) is 4.79 Å². The van der Waals surface area contributed by atoms with Crippen LogP contribution in [0.3, 0.4) is 0 Å². The number of thiophene rings is 1. The third-order valence-electron chi connectivity index (χ3n) is 2.17. The summed E-state index contributed by atoms with van der Waals surface area (Å²) in [5.74, 6) is -0.929. The van der Waals surface area contributed by atoms with E-state index in [1.54, 1.807) is 11.3 Å². The van der Waals surface area contributed by atoms with Crippen LogP contribution < -0.4 is 5.32 Å². The molecule has 0 aromatic carbocycles. The molecule has 0 aliphatic rings. The first-order valence-corrected chi connectivity index (χ1v) is 6.83. The van der Waals surface area contributed by atoms with Gasteiger partial charge in [-0.3, -0.25) is 0 Å². The van der Waals surface area contributed by atoms with Crippen LogP contribution in [-0.2, 0) is 6.42 Å². The molecule has 2 heterocycles. The van der Waals surface area contributed by atoms with E-state index >= 15 is 0 Å². The van der Waals surface area contributed by atoms with Gasteiger partial charge in [0.15, 0.2) is 5.13 Å². The fourth-order valence-corrected chi connectivity index (χ4v) is 3.03. The summed E-state index contributed by atoms with van der Waals surface area (Å²) in [6.07, 6.45) is 2.30. The van der Waals surface area contributed by atoms with Crippen molar-refractivity contribution in [1.29, 1.82) is 0 Å². The van der Waals surface area contributed by atoms with Gasteiger partial charge in [-0.05, 0) is 18.4 Å². The number of carboxylic acids is 1. The van der Waals surface area contributed by atoms with E-state index in [4.69, 9.17) is 5.11 Å². The molecule has 90 valence electrons. The van der Waals surface area contributed by atoms with Crippen molar-refractivity contribution in [3.05, 3.63) is 33.5 Å². The third kappa shape index (κ3) is 3.28. The zero-order valence-corrected chi connectivity index (χ0v) is 10.8. The Bertz CT molecular complexity index is 493. The second kappa shape index (κ2) is 5.29. The normalized spacial score (nSPS) is 12.3. The van der Waals surface area contributed by atoms with Crippen molar-refractivity contribution in [1.82, 2.24) is 4.98 Å². The summed E-state index contributed by atoms with van der Waals surface area (Å²) >= 11 is 2.88. The highest BCUT2D eigenvalue weighted by Crippen LogP contribution is 2.20. The molecule has 0 aliphatic heterocycles. The number of hydrogen-bond donors (Lipinski definition) is 2. The summed E-state index contributed by atoms with van der Waals surface area (Å²) < 4.78 is 0. The molecule has 0 amide bonds. The van der Waals surface area contributed by atoms with Crippen LogP contribution in [0.2, 0.25) is 0 Å². The van der Waals surface area contributed by atoms with Crippen LogP contribution in [0.4, 0.5) is 5.13 Å². The van der Waals surface area contributed by atoms with E-state index in [1.165, 1.54) is 11.1 Å². The van der Waals surface area contributed by atoms with Gasteiger partial charge in [0.1, 0.15) is 4.88 Å². The molecule has 17 heavy (non-hydrogen) atoms. The van der Waals surface area contributed by atoms with Gasteiger partial charge < -0.3 is 10.4 Å². The summed E-state index contributed by atoms with van der Waals surface area (Å²) in [5, 5.41) is 14.7. The first-order valence-electron chi connectivity index (χ1n) is 5.13. The Balaban J connectivity index is 1.93. The van der Waals surface area contributed by atoms with Gasteiger partial charge >= 0.3 is 5.97 Å². The number of aromatic carboxylic acids is 1. The Morgan fingerprint density at radius 2 is 2.47 bits per heavy atom. The zero-order valence-electron chi connectivity index (χ0n) is 9.21. The second-order valence-corrected chi connectivity index (χ2v) is 5.73. The van der Waals surface area contributed by atoms with Crippen LogP contribution in [0.25, 0.3) is 0 Å². The van der Waals surface area contributed by atoms with Gasteiger partial charge in [-0.15, -0.1) is 11.3 Å². The molecule has 0 aliphatic carbocycles. The molecule has 0 bridgehead atoms. The predicted octanol–water partition coefficient (Wildman–Crippen LogP) is 2.95. The molecule has 0 fully saturated rings. The third-order valence-corrected chi connectivity index (χ3v) is 3.99. The first-order chi connectivity index (χ1) is 8.15. The summed E-state index contributed by atoms with van der Waals surface area (Å²) in [4.78, 5) is 16.3. The van der Waals surface area contributed by atoms with Crippen molar-refractivity contribution in [2.45, 2.75) is 19.4 Å². The molecule has 0 saturated carbocycles. The standard InChI is InChI=1S/C11H12N2O2S2/c1-7(5-8-3-2-4-16-8)13-11-12-6-9(17-11)10(14)15/h2-4,6-7H,5H2,1H3,(H,12,13)(H,14,15). The number of anilines is 1. The first kappa shape index (κ1) is 12.1. The Kier molecular flexibility index (Phi) is 3.75. The Hall–Kier alpha value is -1.40. The molecule has 2 aromatic rings. The molecular weight excluding hydrogens is 256 g/mol. The smallest absolute Gasteiger partial charge is 0.347 e. The van der Waals surface area contributed by atoms with E-state index in [0.717, 1.165) is 17.8 Å². The van der Waals surface area contributed by atoms with Crippen LogP contribution >= 0.6 is 22.7 Å². The van der Waals surface area contributed by atoms with Crippen molar-refractivity contribution in [2.75, 3.05) is 5.32 Å². The molecule has 0 radical (unpaired) electrons. The molecule has 4 nitrogen and oxygen atoms in total. The Morgan fingerprint density at radius 3 is 3.06 bits per heavy atom. The number of hydrogen-bond acceptors (Lipinski definition) is 5. The van der Waals surface area contributed by atoms with Crippen LogP contribution in [0.1, 0.15) is 21.5 Å². The number of nitrogens with one attached hydrogen (secondary N) is 1. The topological polar surface area (TPSA) is 62.2 Å². The quantitative estimate of drug-likeness (QED) is 0.875. The predicted molar refractivity (Wildman–Crippen MR) is 70.2 cm³/mol. The highest BCUT2D eigenvalue weighted by molar-refractivity contribution is 7.17. The van der Waals surface area contributed by atoms with E-state index in [-0.39, 0.29) is 10.9 Å². The molecule has 1 unspecified atom stereocenters. The van der Waals surface area contributed by atoms with Crippen LogP contribution in [0.5, 0.6) is 0 Å². The van der Waals surface area contributed by atoms with Crippen LogP contribution in [0, 0.1) is 0 Å². The lowest BCUT2D eigenvalue weighted by molar-refractivity contribution is 0.0702. The van der Waals surface area contributed by atoms with Crippen LogP contribution in [-0.4, -0.2) is 22.1 Å². The minimum atomic E-state index is -0.929. The van der Waals surface area contributed by atoms with Crippen molar-refractivity contribution < 1.29 is 9.90 Å². The number of rotatable bonds is 5. The summed E-state index contributed by atoms with van der Waals surface area (Å²) in [7, 11) is 0. The largest absolute Gasteiger partial charge is 0.477 e. The lowest BCUT2D eigenvalue weighted by atomic mass is 10.2. The van der Waals surface area contributed by atoms with Crippen molar-refractivity contribution in [2.24, 2.45) is 0 Å². The van der Waals surface area contributed by atoms with Gasteiger partial charge in [-0.1, -0.05) is 17.4 Å². The lowest BCUT2D eigenvalue weighted by Gasteiger charge is -2.11. The zero-order chi connectivity index (χ0) is 12.3. The van der Waals surface area contributed by atoms with Gasteiger partial charge in [0.05, 0.1) is 6.20 Å². The minimum absolute atomic E-state index is 0.237. The average molecular weight is 268 g/mol. The van der Waals surface area contributed by atoms with Gasteiger partial charge in [-0.2, -0.15) is 0 Å². The van der Waals surface area contributed by atoms with E-state index in [0.29, 0.717) is 5.13 Å². The maximum atomic E-state index is 10.7. The Morgan fingerprint density at radius 1 is 1.65 bits per heavy atom. The number of carboxylic acid groups (broad SMARTS) is 1. The average Bonchev–Trinajstić information content (AvgIpc) is 2.88. The highest BCUT2D eigenvalue weighted by Gasteiger charge is 2.10. The maximum absolute atomic E-state index is 10.7. The van der Waals surface area contributed by atoms with Gasteiger partial charge in [-0.25, -0.2) is 9.78 Å². The van der Waals surface area contributed by atoms with Gasteiger partial charge in [0.2, 0.25) is 0 Å². The SMILES string of the molecule is CC(Cc1cccs1)Nc1ncc(C(=O)O)s1. The van der Waals surface area contributed by atoms with Crippen LogP contribution in [0.15, 0.2) is 23.7 Å². The molecule has 0 spiro atoms. The molecule has 2 rings (SSSR count). The monoisotopic (exact) mass is 268 g/mol. The molecule has 6 heteroatoms. The fourth-order valence-electron chi connectivity index (χ4n) is 1.43. The fraction of sp³-hybridized carbons (Fsp3) is 0.273. The summed E-state index contributed by atoms with van der Waals surface area (Å²) in [5.41, 5.74) is 0. The lowest BCUT2D eigenvalue weighted by Crippen LogP contribution is -2.17. The van der Waals surface area contributed by atoms with Crippen molar-refractivity contribution in [3.63, 3.8) is 0 Å². The Labute approximate surface area is 107 Å². The molecular formula is C11H12N2O2S2. The van der Waals surface area contributed by atoms with Crippen molar-refractivity contribution >= 4 is 33.8 Å². The molecule has 2 N–H and O–H groups in total. The number of thiazole rings is 1. The summed E-state index contributed by atoms with van der Waals surface area (Å²) in [6.45, 7) is 2.06. The van der Waals surface area contributed by atoms with Gasteiger partial charge in [0, 0.05) is 17.3 Å². The molecule has 1 atom stereocenters. The van der Waals surface area contributed by atoms with E-state index in [2.05, 4.69) is 23.3 Å². The highest BCUT2D eigenvalue weighted by atomic mass is 32.1. The second-order valence-electron chi connectivity index (χ2n) is 3.66. The van der Waals surface area contributed by atoms with Crippen molar-refractivity contribution in [3.8, 4) is 0 Å². The van der Waals surface area contributed by atoms with Gasteiger partial charge in [0.25, 0.3) is 0 Å². The maximum Gasteiger partial charge on any atom is 0.347 e.